The van der Waals surface area contributed by atoms with Crippen molar-refractivity contribution in [3.63, 3.8) is 0 Å². The van der Waals surface area contributed by atoms with Gasteiger partial charge in [0.1, 0.15) is 0 Å². The molecule has 0 radical (unpaired) electrons. The molecular weight excluding hydrogens is 295 g/mol. The Bertz CT molecular complexity index is 504. The van der Waals surface area contributed by atoms with Gasteiger partial charge in [-0.3, -0.25) is 0 Å². The highest BCUT2D eigenvalue weighted by atomic mass is 127. The van der Waals surface area contributed by atoms with Gasteiger partial charge < -0.3 is 0 Å². The molecule has 2 aromatic carbocycles. The fraction of sp³-hybridized carbons (Fsp3) is 0. The molecule has 0 nitrogen and oxygen atoms in total. The topological polar surface area (TPSA) is 0 Å². The van der Waals surface area contributed by atoms with Crippen LogP contribution in [0.4, 0.5) is 0 Å². The van der Waals surface area contributed by atoms with Crippen LogP contribution in [0.2, 0.25) is 0 Å². The minimum Gasteiger partial charge on any atom is -0.0622 e. The van der Waals surface area contributed by atoms with E-state index in [2.05, 4.69) is 40.5 Å². The van der Waals surface area contributed by atoms with Crippen molar-refractivity contribution in [2.24, 2.45) is 0 Å². The minimum atomic E-state index is 1.05. The zero-order chi connectivity index (χ0) is 10.5. The highest BCUT2D eigenvalue weighted by molar-refractivity contribution is 14.1. The highest BCUT2D eigenvalue weighted by Gasteiger charge is 1.91. The van der Waals surface area contributed by atoms with Gasteiger partial charge in [-0.15, -0.1) is 0 Å². The van der Waals surface area contributed by atoms with Crippen molar-refractivity contribution in [1.29, 1.82) is 0 Å². The number of benzene rings is 2. The summed E-state index contributed by atoms with van der Waals surface area (Å²) in [5.74, 6) is 6.32. The lowest BCUT2D eigenvalue weighted by molar-refractivity contribution is 1.58. The third-order valence-corrected chi connectivity index (χ3v) is 2.93. The van der Waals surface area contributed by atoms with Crippen LogP contribution in [0, 0.1) is 15.4 Å². The summed E-state index contributed by atoms with van der Waals surface area (Å²) in [6.45, 7) is 0. The molecule has 15 heavy (non-hydrogen) atoms. The molecule has 0 aliphatic heterocycles. The van der Waals surface area contributed by atoms with Gasteiger partial charge in [-0.2, -0.15) is 0 Å². The third-order valence-electron chi connectivity index (χ3n) is 1.99. The Morgan fingerprint density at radius 2 is 1.40 bits per heavy atom. The van der Waals surface area contributed by atoms with Crippen molar-refractivity contribution in [2.45, 2.75) is 0 Å². The summed E-state index contributed by atoms with van der Waals surface area (Å²) in [6, 6.07) is 18.2. The maximum absolute atomic E-state index is 3.17. The monoisotopic (exact) mass is 304 g/mol. The van der Waals surface area contributed by atoms with E-state index >= 15 is 0 Å². The third kappa shape index (κ3) is 2.84. The number of hydrogen-bond donors (Lipinski definition) is 0. The lowest BCUT2D eigenvalue weighted by Crippen LogP contribution is -1.79. The molecular formula is C14H9I. The van der Waals surface area contributed by atoms with E-state index in [9.17, 15) is 0 Å². The van der Waals surface area contributed by atoms with E-state index in [0.29, 0.717) is 0 Å². The van der Waals surface area contributed by atoms with E-state index in [1.807, 2.05) is 48.5 Å². The molecule has 2 rings (SSSR count). The van der Waals surface area contributed by atoms with Gasteiger partial charge in [0.25, 0.3) is 0 Å². The van der Waals surface area contributed by atoms with Gasteiger partial charge in [0.05, 0.1) is 0 Å². The van der Waals surface area contributed by atoms with Crippen LogP contribution in [-0.4, -0.2) is 0 Å². The van der Waals surface area contributed by atoms with E-state index in [4.69, 9.17) is 0 Å². The normalized spacial score (nSPS) is 9.13. The molecule has 2 aromatic rings. The highest BCUT2D eigenvalue weighted by Crippen LogP contribution is 2.09. The average molecular weight is 304 g/mol. The second kappa shape index (κ2) is 4.99. The van der Waals surface area contributed by atoms with Crippen LogP contribution < -0.4 is 0 Å². The maximum atomic E-state index is 3.17. The Hall–Kier alpha value is -1.27. The molecule has 0 saturated heterocycles. The molecule has 0 saturated carbocycles. The van der Waals surface area contributed by atoms with Gasteiger partial charge in [0.15, 0.2) is 0 Å². The van der Waals surface area contributed by atoms with E-state index in [-0.39, 0.29) is 0 Å². The van der Waals surface area contributed by atoms with Crippen molar-refractivity contribution in [3.05, 3.63) is 69.3 Å². The molecule has 0 heterocycles. The van der Waals surface area contributed by atoms with Crippen LogP contribution in [0.15, 0.2) is 54.6 Å². The summed E-state index contributed by atoms with van der Waals surface area (Å²) in [4.78, 5) is 0. The first kappa shape index (κ1) is 10.3. The van der Waals surface area contributed by atoms with Gasteiger partial charge in [-0.05, 0) is 46.9 Å². The quantitative estimate of drug-likeness (QED) is 0.514. The Morgan fingerprint density at radius 1 is 0.733 bits per heavy atom. The molecule has 0 unspecified atom stereocenters. The first-order valence-electron chi connectivity index (χ1n) is 4.68. The zero-order valence-electron chi connectivity index (χ0n) is 8.07. The van der Waals surface area contributed by atoms with Crippen molar-refractivity contribution in [3.8, 4) is 11.8 Å². The van der Waals surface area contributed by atoms with Gasteiger partial charge in [0.2, 0.25) is 0 Å². The van der Waals surface area contributed by atoms with Gasteiger partial charge in [0, 0.05) is 14.7 Å². The SMILES string of the molecule is Ic1ccccc1C#Cc1ccccc1. The Balaban J connectivity index is 2.31. The number of hydrogen-bond acceptors (Lipinski definition) is 0. The molecule has 0 atom stereocenters. The van der Waals surface area contributed by atoms with E-state index in [1.54, 1.807) is 0 Å². The summed E-state index contributed by atoms with van der Waals surface area (Å²) in [6.07, 6.45) is 0. The molecule has 0 aliphatic carbocycles. The van der Waals surface area contributed by atoms with Gasteiger partial charge >= 0.3 is 0 Å². The van der Waals surface area contributed by atoms with Gasteiger partial charge in [-0.25, -0.2) is 0 Å². The van der Waals surface area contributed by atoms with Crippen molar-refractivity contribution in [1.82, 2.24) is 0 Å². The van der Waals surface area contributed by atoms with Crippen molar-refractivity contribution in [2.75, 3.05) is 0 Å². The molecule has 0 fully saturated rings. The standard InChI is InChI=1S/C14H9I/c15-14-9-5-4-8-13(14)11-10-12-6-2-1-3-7-12/h1-9H. The maximum Gasteiger partial charge on any atom is 0.0382 e. The lowest BCUT2D eigenvalue weighted by Gasteiger charge is -1.93. The van der Waals surface area contributed by atoms with Crippen molar-refractivity contribution < 1.29 is 0 Å². The molecule has 0 aliphatic rings. The van der Waals surface area contributed by atoms with Crippen LogP contribution in [0.5, 0.6) is 0 Å². The predicted molar refractivity (Wildman–Crippen MR) is 71.6 cm³/mol. The van der Waals surface area contributed by atoms with Gasteiger partial charge in [-0.1, -0.05) is 42.2 Å². The average Bonchev–Trinajstić information content (AvgIpc) is 2.29. The van der Waals surface area contributed by atoms with Crippen LogP contribution >= 0.6 is 22.6 Å². The summed E-state index contributed by atoms with van der Waals surface area (Å²) < 4.78 is 1.19. The Morgan fingerprint density at radius 3 is 2.13 bits per heavy atom. The smallest absolute Gasteiger partial charge is 0.0382 e. The first-order chi connectivity index (χ1) is 7.36. The first-order valence-corrected chi connectivity index (χ1v) is 5.76. The fourth-order valence-corrected chi connectivity index (χ4v) is 1.75. The minimum absolute atomic E-state index is 1.05. The van der Waals surface area contributed by atoms with E-state index in [0.717, 1.165) is 11.1 Å². The molecule has 0 aromatic heterocycles. The molecule has 0 amide bonds. The predicted octanol–water partition coefficient (Wildman–Crippen LogP) is 3.69. The number of halogens is 1. The summed E-state index contributed by atoms with van der Waals surface area (Å²) in [5, 5.41) is 0. The summed E-state index contributed by atoms with van der Waals surface area (Å²) in [7, 11) is 0. The molecule has 72 valence electrons. The lowest BCUT2D eigenvalue weighted by atomic mass is 10.2. The van der Waals surface area contributed by atoms with Crippen molar-refractivity contribution >= 4 is 22.6 Å². The second-order valence-electron chi connectivity index (χ2n) is 3.10. The van der Waals surface area contributed by atoms with Crippen LogP contribution in [0.1, 0.15) is 11.1 Å². The molecule has 0 N–H and O–H groups in total. The van der Waals surface area contributed by atoms with E-state index < -0.39 is 0 Å². The van der Waals surface area contributed by atoms with Crippen LogP contribution in [0.25, 0.3) is 0 Å². The van der Waals surface area contributed by atoms with Crippen LogP contribution in [-0.2, 0) is 0 Å². The molecule has 1 heteroatoms. The number of rotatable bonds is 0. The molecule has 0 bridgehead atoms. The largest absolute Gasteiger partial charge is 0.0622 e. The second-order valence-corrected chi connectivity index (χ2v) is 4.26. The summed E-state index contributed by atoms with van der Waals surface area (Å²) >= 11 is 2.30. The van der Waals surface area contributed by atoms with E-state index in [1.165, 1.54) is 3.57 Å². The zero-order valence-corrected chi connectivity index (χ0v) is 10.2. The Kier molecular flexibility index (Phi) is 3.41. The van der Waals surface area contributed by atoms with Crippen LogP contribution in [0.3, 0.4) is 0 Å². The summed E-state index contributed by atoms with van der Waals surface area (Å²) in [5.41, 5.74) is 2.14. The fourth-order valence-electron chi connectivity index (χ4n) is 1.22. The Labute approximate surface area is 103 Å². The molecule has 0 spiro atoms.